The molecule has 1 aliphatic heterocycles. The fraction of sp³-hybridized carbons (Fsp3) is 0.231. The SMILES string of the molecule is COc1ccc(C2C=C3Nc4ccccc4NC(c4cc[nH+]cc4)C3C(=O)C2)cc1OC. The van der Waals surface area contributed by atoms with E-state index in [0.717, 1.165) is 28.2 Å². The lowest BCUT2D eigenvalue weighted by molar-refractivity contribution is -0.378. The number of hydrogen-bond acceptors (Lipinski definition) is 5. The number of ketones is 1. The van der Waals surface area contributed by atoms with Crippen LogP contribution in [0.3, 0.4) is 0 Å². The molecule has 3 atom stereocenters. The highest BCUT2D eigenvalue weighted by Gasteiger charge is 2.40. The highest BCUT2D eigenvalue weighted by molar-refractivity contribution is 5.90. The van der Waals surface area contributed by atoms with Crippen molar-refractivity contribution < 1.29 is 19.3 Å². The molecule has 1 aliphatic carbocycles. The number of para-hydroxylation sites is 2. The van der Waals surface area contributed by atoms with Gasteiger partial charge in [0.2, 0.25) is 0 Å². The Labute approximate surface area is 187 Å². The van der Waals surface area contributed by atoms with E-state index >= 15 is 0 Å². The van der Waals surface area contributed by atoms with Crippen LogP contribution in [0, 0.1) is 5.92 Å². The van der Waals surface area contributed by atoms with Gasteiger partial charge < -0.3 is 20.1 Å². The molecule has 32 heavy (non-hydrogen) atoms. The average molecular weight is 429 g/mol. The Morgan fingerprint density at radius 1 is 0.906 bits per heavy atom. The van der Waals surface area contributed by atoms with E-state index in [1.807, 2.05) is 67.0 Å². The minimum Gasteiger partial charge on any atom is -0.493 e. The Morgan fingerprint density at radius 3 is 2.41 bits per heavy atom. The summed E-state index contributed by atoms with van der Waals surface area (Å²) in [6, 6.07) is 17.8. The molecule has 3 N–H and O–H groups in total. The van der Waals surface area contributed by atoms with Gasteiger partial charge in [-0.2, -0.15) is 0 Å². The van der Waals surface area contributed by atoms with Crippen LogP contribution >= 0.6 is 0 Å². The number of rotatable bonds is 4. The quantitative estimate of drug-likeness (QED) is 0.646. The Balaban J connectivity index is 1.59. The molecule has 2 aliphatic rings. The zero-order chi connectivity index (χ0) is 22.1. The Kier molecular flexibility index (Phi) is 5.27. The van der Waals surface area contributed by atoms with Gasteiger partial charge in [-0.15, -0.1) is 0 Å². The number of aromatic nitrogens is 1. The number of nitrogens with one attached hydrogen (secondary N) is 3. The van der Waals surface area contributed by atoms with Crippen LogP contribution in [0.25, 0.3) is 0 Å². The number of pyridine rings is 1. The van der Waals surface area contributed by atoms with E-state index < -0.39 is 0 Å². The number of carbonyl (C=O) groups is 1. The molecule has 162 valence electrons. The maximum absolute atomic E-state index is 13.6. The van der Waals surface area contributed by atoms with Gasteiger partial charge >= 0.3 is 0 Å². The first-order valence-electron chi connectivity index (χ1n) is 10.7. The predicted molar refractivity (Wildman–Crippen MR) is 123 cm³/mol. The van der Waals surface area contributed by atoms with E-state index in [2.05, 4.69) is 21.7 Å². The van der Waals surface area contributed by atoms with Gasteiger partial charge in [-0.3, -0.25) is 4.79 Å². The van der Waals surface area contributed by atoms with Crippen molar-refractivity contribution in [2.45, 2.75) is 18.4 Å². The minimum absolute atomic E-state index is 0.0453. The number of Topliss-reactive ketones (excluding diaryl/α,β-unsaturated/α-hetero) is 1. The maximum Gasteiger partial charge on any atom is 0.167 e. The minimum atomic E-state index is -0.304. The molecule has 6 heteroatoms. The summed E-state index contributed by atoms with van der Waals surface area (Å²) in [5, 5.41) is 7.18. The normalized spacial score (nSPS) is 21.8. The molecule has 0 radical (unpaired) electrons. The van der Waals surface area contributed by atoms with Crippen molar-refractivity contribution >= 4 is 17.2 Å². The predicted octanol–water partition coefficient (Wildman–Crippen LogP) is 4.35. The smallest absolute Gasteiger partial charge is 0.167 e. The summed E-state index contributed by atoms with van der Waals surface area (Å²) in [4.78, 5) is 16.7. The Bertz CT molecular complexity index is 1180. The van der Waals surface area contributed by atoms with E-state index in [0.29, 0.717) is 17.9 Å². The van der Waals surface area contributed by atoms with Gasteiger partial charge in [0.1, 0.15) is 5.78 Å². The Hall–Kier alpha value is -3.80. The number of hydrogen-bond donors (Lipinski definition) is 2. The number of benzene rings is 2. The third kappa shape index (κ3) is 3.58. The van der Waals surface area contributed by atoms with Crippen molar-refractivity contribution in [1.82, 2.24) is 0 Å². The third-order valence-electron chi connectivity index (χ3n) is 6.27. The zero-order valence-electron chi connectivity index (χ0n) is 18.1. The molecule has 5 rings (SSSR count). The lowest BCUT2D eigenvalue weighted by atomic mass is 9.76. The van der Waals surface area contributed by atoms with E-state index in [-0.39, 0.29) is 23.7 Å². The van der Waals surface area contributed by atoms with E-state index in [4.69, 9.17) is 9.47 Å². The first-order chi connectivity index (χ1) is 15.7. The van der Waals surface area contributed by atoms with E-state index in [1.54, 1.807) is 14.2 Å². The van der Waals surface area contributed by atoms with Crippen molar-refractivity contribution in [3.05, 3.63) is 89.9 Å². The molecule has 0 fully saturated rings. The monoisotopic (exact) mass is 428 g/mol. The first kappa shape index (κ1) is 20.1. The van der Waals surface area contributed by atoms with Gasteiger partial charge in [0, 0.05) is 30.2 Å². The van der Waals surface area contributed by atoms with Crippen LogP contribution in [0.5, 0.6) is 11.5 Å². The molecule has 3 aromatic rings. The topological polar surface area (TPSA) is 73.7 Å². The van der Waals surface area contributed by atoms with Crippen LogP contribution in [-0.2, 0) is 4.79 Å². The summed E-state index contributed by atoms with van der Waals surface area (Å²) in [5.41, 5.74) is 4.97. The number of ether oxygens (including phenoxy) is 2. The fourth-order valence-electron chi connectivity index (χ4n) is 4.69. The van der Waals surface area contributed by atoms with Crippen LogP contribution in [0.15, 0.2) is 78.8 Å². The summed E-state index contributed by atoms with van der Waals surface area (Å²) >= 11 is 0. The molecule has 3 unspecified atom stereocenters. The molecule has 1 aromatic heterocycles. The molecule has 0 saturated heterocycles. The number of methoxy groups -OCH3 is 2. The zero-order valence-corrected chi connectivity index (χ0v) is 18.1. The van der Waals surface area contributed by atoms with Crippen LogP contribution in [0.2, 0.25) is 0 Å². The number of H-pyrrole nitrogens is 1. The lowest BCUT2D eigenvalue weighted by Gasteiger charge is -2.32. The standard InChI is InChI=1S/C26H25N3O3/c1-31-23-8-7-17(15-24(23)32-2)18-13-21-25(22(30)14-18)26(16-9-11-27-12-10-16)29-20-6-4-3-5-19(20)28-21/h3-13,15,18,25-26,28-29H,14H2,1-2H3/p+1. The second kappa shape index (κ2) is 8.38. The molecule has 2 aromatic carbocycles. The number of allylic oxidation sites excluding steroid dienone is 1. The third-order valence-corrected chi connectivity index (χ3v) is 6.27. The molecular formula is C26H26N3O3+. The average Bonchev–Trinajstić information content (AvgIpc) is 3.01. The second-order valence-electron chi connectivity index (χ2n) is 8.12. The van der Waals surface area contributed by atoms with Gasteiger partial charge in [0.05, 0.1) is 37.6 Å². The summed E-state index contributed by atoms with van der Waals surface area (Å²) in [6.45, 7) is 0. The first-order valence-corrected chi connectivity index (χ1v) is 10.7. The highest BCUT2D eigenvalue weighted by atomic mass is 16.5. The summed E-state index contributed by atoms with van der Waals surface area (Å²) in [6.07, 6.45) is 6.41. The van der Waals surface area contributed by atoms with Crippen LogP contribution in [0.4, 0.5) is 11.4 Å². The molecule has 2 heterocycles. The summed E-state index contributed by atoms with van der Waals surface area (Å²) in [5.74, 6) is 1.19. The molecule has 0 saturated carbocycles. The van der Waals surface area contributed by atoms with Crippen molar-refractivity contribution in [3.63, 3.8) is 0 Å². The van der Waals surface area contributed by atoms with Crippen molar-refractivity contribution in [2.24, 2.45) is 5.92 Å². The van der Waals surface area contributed by atoms with Crippen LogP contribution in [-0.4, -0.2) is 20.0 Å². The van der Waals surface area contributed by atoms with Crippen molar-refractivity contribution in [2.75, 3.05) is 24.9 Å². The number of fused-ring (bicyclic) bond motifs is 2. The molecule has 0 bridgehead atoms. The second-order valence-corrected chi connectivity index (χ2v) is 8.12. The van der Waals surface area contributed by atoms with E-state index in [1.165, 1.54) is 0 Å². The van der Waals surface area contributed by atoms with E-state index in [9.17, 15) is 4.79 Å². The molecule has 0 amide bonds. The van der Waals surface area contributed by atoms with Crippen LogP contribution in [0.1, 0.15) is 29.5 Å². The summed E-state index contributed by atoms with van der Waals surface area (Å²) in [7, 11) is 3.25. The maximum atomic E-state index is 13.6. The van der Waals surface area contributed by atoms with Gasteiger partial charge in [-0.25, -0.2) is 4.98 Å². The van der Waals surface area contributed by atoms with Crippen molar-refractivity contribution in [1.29, 1.82) is 0 Å². The molecule has 6 nitrogen and oxygen atoms in total. The molecule has 0 spiro atoms. The van der Waals surface area contributed by atoms with Crippen molar-refractivity contribution in [3.8, 4) is 11.5 Å². The highest BCUT2D eigenvalue weighted by Crippen LogP contribution is 2.45. The number of carbonyl (C=O) groups excluding carboxylic acids is 1. The van der Waals surface area contributed by atoms with Gasteiger partial charge in [0.25, 0.3) is 0 Å². The van der Waals surface area contributed by atoms with Gasteiger partial charge in [-0.1, -0.05) is 24.3 Å². The Morgan fingerprint density at radius 2 is 1.66 bits per heavy atom. The number of anilines is 2. The lowest BCUT2D eigenvalue weighted by Crippen LogP contribution is -2.34. The summed E-state index contributed by atoms with van der Waals surface area (Å²) < 4.78 is 10.9. The van der Waals surface area contributed by atoms with Crippen LogP contribution < -0.4 is 25.1 Å². The number of aromatic amines is 1. The van der Waals surface area contributed by atoms with Gasteiger partial charge in [0.15, 0.2) is 23.9 Å². The fourth-order valence-corrected chi connectivity index (χ4v) is 4.69. The largest absolute Gasteiger partial charge is 0.493 e. The van der Waals surface area contributed by atoms with Gasteiger partial charge in [-0.05, 0) is 35.4 Å². The molecular weight excluding hydrogens is 402 g/mol.